The highest BCUT2D eigenvalue weighted by Gasteiger charge is 2.51. The van der Waals surface area contributed by atoms with Crippen LogP contribution in [0.2, 0.25) is 0 Å². The van der Waals surface area contributed by atoms with Crippen LogP contribution in [0.15, 0.2) is 24.5 Å². The molecule has 2 bridgehead atoms. The van der Waals surface area contributed by atoms with Crippen LogP contribution >= 0.6 is 0 Å². The van der Waals surface area contributed by atoms with Crippen LogP contribution in [0.5, 0.6) is 0 Å². The second-order valence-corrected chi connectivity index (χ2v) is 6.13. The first-order valence-electron chi connectivity index (χ1n) is 7.23. The van der Waals surface area contributed by atoms with Crippen molar-refractivity contribution in [2.24, 2.45) is 23.7 Å². The molecule has 2 aliphatic carbocycles. The lowest BCUT2D eigenvalue weighted by molar-refractivity contribution is -0.146. The molecule has 2 unspecified atom stereocenters. The van der Waals surface area contributed by atoms with Crippen molar-refractivity contribution in [3.05, 3.63) is 24.5 Å². The number of nitrogens with one attached hydrogen (secondary N) is 1. The number of carbonyl (C=O) groups excluding carboxylic acids is 1. The van der Waals surface area contributed by atoms with Crippen molar-refractivity contribution in [3.8, 4) is 0 Å². The third kappa shape index (κ3) is 2.34. The van der Waals surface area contributed by atoms with Crippen LogP contribution < -0.4 is 5.32 Å². The molecule has 4 atom stereocenters. The number of anilines is 1. The van der Waals surface area contributed by atoms with Gasteiger partial charge in [0.05, 0.1) is 23.7 Å². The van der Waals surface area contributed by atoms with E-state index in [4.69, 9.17) is 0 Å². The topological polar surface area (TPSA) is 84.2 Å². The molecular weight excluding hydrogens is 270 g/mol. The second kappa shape index (κ2) is 5.02. The molecule has 3 rings (SSSR count). The van der Waals surface area contributed by atoms with Gasteiger partial charge in [0.25, 0.3) is 0 Å². The third-order valence-corrected chi connectivity index (χ3v) is 4.45. The molecule has 21 heavy (non-hydrogen) atoms. The van der Waals surface area contributed by atoms with Gasteiger partial charge in [-0.2, -0.15) is 5.10 Å². The molecular formula is C15H19N3O3. The number of rotatable bonds is 4. The molecule has 1 aromatic rings. The van der Waals surface area contributed by atoms with Crippen LogP contribution in [-0.4, -0.2) is 26.8 Å². The summed E-state index contributed by atoms with van der Waals surface area (Å²) in [6, 6.07) is 0.216. The van der Waals surface area contributed by atoms with Gasteiger partial charge in [0, 0.05) is 12.2 Å². The first-order chi connectivity index (χ1) is 9.97. The van der Waals surface area contributed by atoms with Crippen molar-refractivity contribution in [2.45, 2.75) is 26.3 Å². The lowest BCUT2D eigenvalue weighted by atomic mass is 9.82. The summed E-state index contributed by atoms with van der Waals surface area (Å²) >= 11 is 0. The van der Waals surface area contributed by atoms with E-state index < -0.39 is 17.8 Å². The Morgan fingerprint density at radius 1 is 1.33 bits per heavy atom. The maximum absolute atomic E-state index is 12.5. The fourth-order valence-corrected chi connectivity index (χ4v) is 3.43. The van der Waals surface area contributed by atoms with Gasteiger partial charge in [-0.1, -0.05) is 12.2 Å². The summed E-state index contributed by atoms with van der Waals surface area (Å²) in [4.78, 5) is 23.9. The fourth-order valence-electron chi connectivity index (χ4n) is 3.43. The van der Waals surface area contributed by atoms with Crippen LogP contribution in [0.4, 0.5) is 5.69 Å². The maximum Gasteiger partial charge on any atom is 0.307 e. The summed E-state index contributed by atoms with van der Waals surface area (Å²) in [5, 5.41) is 16.3. The molecule has 0 radical (unpaired) electrons. The van der Waals surface area contributed by atoms with Gasteiger partial charge in [-0.15, -0.1) is 0 Å². The van der Waals surface area contributed by atoms with Gasteiger partial charge in [-0.3, -0.25) is 14.3 Å². The van der Waals surface area contributed by atoms with Crippen molar-refractivity contribution >= 4 is 17.6 Å². The molecule has 0 spiro atoms. The molecule has 6 nitrogen and oxygen atoms in total. The van der Waals surface area contributed by atoms with E-state index in [-0.39, 0.29) is 23.8 Å². The number of aliphatic carboxylic acids is 1. The number of carbonyl (C=O) groups is 2. The molecule has 0 aliphatic heterocycles. The smallest absolute Gasteiger partial charge is 0.307 e. The second-order valence-electron chi connectivity index (χ2n) is 6.13. The number of nitrogens with zero attached hydrogens (tertiary/aromatic N) is 2. The molecule has 0 saturated heterocycles. The van der Waals surface area contributed by atoms with E-state index in [1.165, 1.54) is 0 Å². The van der Waals surface area contributed by atoms with Gasteiger partial charge < -0.3 is 10.4 Å². The van der Waals surface area contributed by atoms with Crippen LogP contribution in [-0.2, 0) is 9.59 Å². The van der Waals surface area contributed by atoms with Gasteiger partial charge in [0.1, 0.15) is 0 Å². The Morgan fingerprint density at radius 2 is 2.00 bits per heavy atom. The highest BCUT2D eigenvalue weighted by atomic mass is 16.4. The molecule has 1 heterocycles. The molecule has 112 valence electrons. The van der Waals surface area contributed by atoms with E-state index in [9.17, 15) is 14.7 Å². The number of fused-ring (bicyclic) bond motifs is 2. The molecule has 2 aliphatic rings. The van der Waals surface area contributed by atoms with E-state index in [0.29, 0.717) is 5.69 Å². The summed E-state index contributed by atoms with van der Waals surface area (Å²) in [5.41, 5.74) is 0.615. The summed E-state index contributed by atoms with van der Waals surface area (Å²) in [6.45, 7) is 4.00. The van der Waals surface area contributed by atoms with Crippen molar-refractivity contribution in [2.75, 3.05) is 5.32 Å². The lowest BCUT2D eigenvalue weighted by Gasteiger charge is -2.23. The first kappa shape index (κ1) is 13.9. The van der Waals surface area contributed by atoms with E-state index >= 15 is 0 Å². The predicted octanol–water partition coefficient (Wildman–Crippen LogP) is 1.93. The van der Waals surface area contributed by atoms with Crippen LogP contribution in [0.3, 0.4) is 0 Å². The highest BCUT2D eigenvalue weighted by molar-refractivity contribution is 5.96. The van der Waals surface area contributed by atoms with Crippen molar-refractivity contribution in [3.63, 3.8) is 0 Å². The van der Waals surface area contributed by atoms with Crippen molar-refractivity contribution in [1.82, 2.24) is 9.78 Å². The molecule has 6 heteroatoms. The van der Waals surface area contributed by atoms with E-state index in [2.05, 4.69) is 10.4 Å². The summed E-state index contributed by atoms with van der Waals surface area (Å²) in [5.74, 6) is -2.18. The number of amides is 1. The minimum Gasteiger partial charge on any atom is -0.481 e. The molecule has 1 fully saturated rings. The molecule has 1 saturated carbocycles. The van der Waals surface area contributed by atoms with Crippen LogP contribution in [0.1, 0.15) is 26.3 Å². The zero-order valence-corrected chi connectivity index (χ0v) is 12.1. The summed E-state index contributed by atoms with van der Waals surface area (Å²) < 4.78 is 1.75. The van der Waals surface area contributed by atoms with Gasteiger partial charge in [-0.25, -0.2) is 0 Å². The lowest BCUT2D eigenvalue weighted by Crippen LogP contribution is -2.36. The Bertz CT molecular complexity index is 605. The summed E-state index contributed by atoms with van der Waals surface area (Å²) in [7, 11) is 0. The number of aromatic nitrogens is 2. The Labute approximate surface area is 122 Å². The predicted molar refractivity (Wildman–Crippen MR) is 76.6 cm³/mol. The van der Waals surface area contributed by atoms with Crippen LogP contribution in [0, 0.1) is 23.7 Å². The number of allylic oxidation sites excluding steroid dienone is 2. The number of carboxylic acid groups (broad SMARTS) is 1. The zero-order valence-electron chi connectivity index (χ0n) is 12.1. The summed E-state index contributed by atoms with van der Waals surface area (Å²) in [6.07, 6.45) is 8.04. The average molecular weight is 289 g/mol. The third-order valence-electron chi connectivity index (χ3n) is 4.45. The van der Waals surface area contributed by atoms with Gasteiger partial charge in [0.2, 0.25) is 5.91 Å². The van der Waals surface area contributed by atoms with Crippen molar-refractivity contribution in [1.29, 1.82) is 0 Å². The minimum absolute atomic E-state index is 0.0124. The largest absolute Gasteiger partial charge is 0.481 e. The Morgan fingerprint density at radius 3 is 2.57 bits per heavy atom. The number of hydrogen-bond acceptors (Lipinski definition) is 3. The van der Waals surface area contributed by atoms with Gasteiger partial charge in [0.15, 0.2) is 0 Å². The number of hydrogen-bond donors (Lipinski definition) is 2. The first-order valence-corrected chi connectivity index (χ1v) is 7.23. The highest BCUT2D eigenvalue weighted by Crippen LogP contribution is 2.48. The fraction of sp³-hybridized carbons (Fsp3) is 0.533. The Balaban J connectivity index is 1.75. The van der Waals surface area contributed by atoms with Crippen LogP contribution in [0.25, 0.3) is 0 Å². The maximum atomic E-state index is 12.5. The normalized spacial score (nSPS) is 30.0. The van der Waals surface area contributed by atoms with Crippen molar-refractivity contribution < 1.29 is 14.7 Å². The monoisotopic (exact) mass is 289 g/mol. The quantitative estimate of drug-likeness (QED) is 0.829. The van der Waals surface area contributed by atoms with E-state index in [1.807, 2.05) is 26.0 Å². The van der Waals surface area contributed by atoms with E-state index in [1.54, 1.807) is 17.1 Å². The molecule has 0 aromatic carbocycles. The van der Waals surface area contributed by atoms with Gasteiger partial charge in [-0.05, 0) is 32.1 Å². The average Bonchev–Trinajstić information content (AvgIpc) is 3.12. The SMILES string of the molecule is CC(C)n1cc(NC(=O)[C@H]2C3C=CC(C3)[C@H]2C(=O)O)cn1. The standard InChI is InChI=1S/C15H19N3O3/c1-8(2)18-7-11(6-16-18)17-14(19)12-9-3-4-10(5-9)13(12)15(20)21/h3-4,6-10,12-13H,5H2,1-2H3,(H,17,19)(H,20,21)/t9?,10?,12-,13+/m0/s1. The number of carboxylic acids is 1. The Hall–Kier alpha value is -2.11. The van der Waals surface area contributed by atoms with Gasteiger partial charge >= 0.3 is 5.97 Å². The molecule has 2 N–H and O–H groups in total. The minimum atomic E-state index is -0.884. The molecule has 1 amide bonds. The zero-order chi connectivity index (χ0) is 15.1. The van der Waals surface area contributed by atoms with E-state index in [0.717, 1.165) is 6.42 Å². The Kier molecular flexibility index (Phi) is 3.31. The molecule has 1 aromatic heterocycles.